The minimum Gasteiger partial charge on any atom is -0.496 e. The van der Waals surface area contributed by atoms with Crippen molar-refractivity contribution < 1.29 is 18.7 Å². The first-order chi connectivity index (χ1) is 12.8. The number of carbonyl (C=O) groups is 1. The van der Waals surface area contributed by atoms with Crippen molar-refractivity contribution in [2.75, 3.05) is 13.7 Å². The number of rotatable bonds is 8. The van der Waals surface area contributed by atoms with Crippen molar-refractivity contribution in [1.82, 2.24) is 5.32 Å². The summed E-state index contributed by atoms with van der Waals surface area (Å²) in [5.74, 6) is 2.21. The SMILES string of the molecule is COc1ccccc1CCNC(=O)c1ccc(COc2ccccc2)o1. The Labute approximate surface area is 152 Å². The zero-order chi connectivity index (χ0) is 18.2. The van der Waals surface area contributed by atoms with Gasteiger partial charge in [0.05, 0.1) is 7.11 Å². The van der Waals surface area contributed by atoms with Crippen LogP contribution in [0, 0.1) is 0 Å². The summed E-state index contributed by atoms with van der Waals surface area (Å²) in [6.45, 7) is 0.772. The summed E-state index contributed by atoms with van der Waals surface area (Å²) in [7, 11) is 1.64. The molecule has 0 unspecified atom stereocenters. The highest BCUT2D eigenvalue weighted by molar-refractivity contribution is 5.91. The lowest BCUT2D eigenvalue weighted by Gasteiger charge is -2.08. The smallest absolute Gasteiger partial charge is 0.287 e. The molecule has 1 amide bonds. The monoisotopic (exact) mass is 351 g/mol. The van der Waals surface area contributed by atoms with E-state index in [1.54, 1.807) is 19.2 Å². The van der Waals surface area contributed by atoms with Gasteiger partial charge in [-0.3, -0.25) is 4.79 Å². The second-order valence-electron chi connectivity index (χ2n) is 5.69. The highest BCUT2D eigenvalue weighted by Gasteiger charge is 2.11. The number of nitrogens with one attached hydrogen (secondary N) is 1. The Hall–Kier alpha value is -3.21. The number of amides is 1. The second kappa shape index (κ2) is 8.76. The van der Waals surface area contributed by atoms with Crippen molar-refractivity contribution in [3.8, 4) is 11.5 Å². The van der Waals surface area contributed by atoms with Crippen LogP contribution < -0.4 is 14.8 Å². The summed E-state index contributed by atoms with van der Waals surface area (Å²) in [4.78, 5) is 12.2. The van der Waals surface area contributed by atoms with Gasteiger partial charge < -0.3 is 19.2 Å². The molecule has 0 fully saturated rings. The second-order valence-corrected chi connectivity index (χ2v) is 5.69. The lowest BCUT2D eigenvalue weighted by atomic mass is 10.1. The van der Waals surface area contributed by atoms with Crippen LogP contribution in [0.4, 0.5) is 0 Å². The fourth-order valence-electron chi connectivity index (χ4n) is 2.56. The number of carbonyl (C=O) groups excluding carboxylic acids is 1. The van der Waals surface area contributed by atoms with Gasteiger partial charge in [0.2, 0.25) is 0 Å². The van der Waals surface area contributed by atoms with E-state index in [0.29, 0.717) is 18.7 Å². The van der Waals surface area contributed by atoms with Crippen LogP contribution in [0.2, 0.25) is 0 Å². The lowest BCUT2D eigenvalue weighted by Crippen LogP contribution is -2.25. The number of methoxy groups -OCH3 is 1. The van der Waals surface area contributed by atoms with Crippen LogP contribution in [-0.2, 0) is 13.0 Å². The van der Waals surface area contributed by atoms with E-state index in [9.17, 15) is 4.79 Å². The van der Waals surface area contributed by atoms with Gasteiger partial charge in [0, 0.05) is 6.54 Å². The summed E-state index contributed by atoms with van der Waals surface area (Å²) in [6, 6.07) is 20.6. The molecule has 134 valence electrons. The van der Waals surface area contributed by atoms with Crippen molar-refractivity contribution >= 4 is 5.91 Å². The summed E-state index contributed by atoms with van der Waals surface area (Å²) in [6.07, 6.45) is 0.681. The van der Waals surface area contributed by atoms with Gasteiger partial charge in [0.1, 0.15) is 23.9 Å². The highest BCUT2D eigenvalue weighted by Crippen LogP contribution is 2.17. The molecular formula is C21H21NO4. The molecule has 0 aliphatic heterocycles. The van der Waals surface area contributed by atoms with Gasteiger partial charge in [-0.1, -0.05) is 36.4 Å². The Morgan fingerprint density at radius 2 is 1.77 bits per heavy atom. The van der Waals surface area contributed by atoms with E-state index in [1.807, 2.05) is 54.6 Å². The number of furan rings is 1. The zero-order valence-electron chi connectivity index (χ0n) is 14.6. The van der Waals surface area contributed by atoms with Gasteiger partial charge in [0.25, 0.3) is 5.91 Å². The summed E-state index contributed by atoms with van der Waals surface area (Å²) < 4.78 is 16.5. The fraction of sp³-hybridized carbons (Fsp3) is 0.190. The fourth-order valence-corrected chi connectivity index (χ4v) is 2.56. The molecular weight excluding hydrogens is 330 g/mol. The standard InChI is InChI=1S/C21H21NO4/c1-24-19-10-6-5-7-16(19)13-14-22-21(23)20-12-11-18(26-20)15-25-17-8-3-2-4-9-17/h2-12H,13-15H2,1H3,(H,22,23). The first-order valence-corrected chi connectivity index (χ1v) is 8.43. The molecule has 3 aromatic rings. The third-order valence-corrected chi connectivity index (χ3v) is 3.88. The van der Waals surface area contributed by atoms with Crippen LogP contribution in [0.3, 0.4) is 0 Å². The van der Waals surface area contributed by atoms with Gasteiger partial charge in [-0.15, -0.1) is 0 Å². The predicted molar refractivity (Wildman–Crippen MR) is 98.5 cm³/mol. The van der Waals surface area contributed by atoms with E-state index in [1.165, 1.54) is 0 Å². The molecule has 5 heteroatoms. The Bertz CT molecular complexity index is 842. The van der Waals surface area contributed by atoms with Crippen molar-refractivity contribution in [2.24, 2.45) is 0 Å². The van der Waals surface area contributed by atoms with Crippen molar-refractivity contribution in [2.45, 2.75) is 13.0 Å². The van der Waals surface area contributed by atoms with Gasteiger partial charge >= 0.3 is 0 Å². The Morgan fingerprint density at radius 1 is 1.00 bits per heavy atom. The van der Waals surface area contributed by atoms with E-state index in [2.05, 4.69) is 5.32 Å². The first-order valence-electron chi connectivity index (χ1n) is 8.43. The molecule has 0 saturated heterocycles. The zero-order valence-corrected chi connectivity index (χ0v) is 14.6. The first kappa shape index (κ1) is 17.6. The molecule has 0 saturated carbocycles. The third kappa shape index (κ3) is 4.66. The van der Waals surface area contributed by atoms with Crippen molar-refractivity contribution in [3.05, 3.63) is 83.8 Å². The molecule has 3 rings (SSSR count). The van der Waals surface area contributed by atoms with Crippen LogP contribution >= 0.6 is 0 Å². The lowest BCUT2D eigenvalue weighted by molar-refractivity contribution is 0.0922. The number of hydrogen-bond donors (Lipinski definition) is 1. The maximum Gasteiger partial charge on any atom is 0.287 e. The van der Waals surface area contributed by atoms with E-state index < -0.39 is 0 Å². The maximum atomic E-state index is 12.2. The van der Waals surface area contributed by atoms with Crippen molar-refractivity contribution in [1.29, 1.82) is 0 Å². The van der Waals surface area contributed by atoms with Gasteiger partial charge in [-0.05, 0) is 42.3 Å². The molecule has 0 atom stereocenters. The molecule has 26 heavy (non-hydrogen) atoms. The van der Waals surface area contributed by atoms with Crippen LogP contribution in [0.5, 0.6) is 11.5 Å². The number of para-hydroxylation sites is 2. The minimum atomic E-state index is -0.245. The molecule has 0 bridgehead atoms. The Balaban J connectivity index is 1.48. The van der Waals surface area contributed by atoms with Gasteiger partial charge in [-0.25, -0.2) is 0 Å². The number of benzene rings is 2. The maximum absolute atomic E-state index is 12.2. The third-order valence-electron chi connectivity index (χ3n) is 3.88. The normalized spacial score (nSPS) is 10.3. The average Bonchev–Trinajstić information content (AvgIpc) is 3.17. The molecule has 0 spiro atoms. The summed E-state index contributed by atoms with van der Waals surface area (Å²) in [5.41, 5.74) is 1.05. The summed E-state index contributed by atoms with van der Waals surface area (Å²) >= 11 is 0. The number of ether oxygens (including phenoxy) is 2. The number of hydrogen-bond acceptors (Lipinski definition) is 4. The van der Waals surface area contributed by atoms with E-state index in [-0.39, 0.29) is 18.3 Å². The Kier molecular flexibility index (Phi) is 5.93. The topological polar surface area (TPSA) is 60.7 Å². The van der Waals surface area contributed by atoms with Crippen LogP contribution in [0.25, 0.3) is 0 Å². The van der Waals surface area contributed by atoms with E-state index in [0.717, 1.165) is 17.1 Å². The summed E-state index contributed by atoms with van der Waals surface area (Å²) in [5, 5.41) is 2.86. The average molecular weight is 351 g/mol. The molecule has 0 aliphatic carbocycles. The molecule has 0 aliphatic rings. The minimum absolute atomic E-state index is 0.245. The largest absolute Gasteiger partial charge is 0.496 e. The van der Waals surface area contributed by atoms with Crippen LogP contribution in [0.15, 0.2) is 71.1 Å². The molecule has 0 radical (unpaired) electrons. The predicted octanol–water partition coefficient (Wildman–Crippen LogP) is 3.84. The molecule has 5 nitrogen and oxygen atoms in total. The molecule has 2 aromatic carbocycles. The van der Waals surface area contributed by atoms with Crippen molar-refractivity contribution in [3.63, 3.8) is 0 Å². The van der Waals surface area contributed by atoms with Gasteiger partial charge in [0.15, 0.2) is 5.76 Å². The Morgan fingerprint density at radius 3 is 2.58 bits per heavy atom. The van der Waals surface area contributed by atoms with Crippen LogP contribution in [0.1, 0.15) is 21.9 Å². The van der Waals surface area contributed by atoms with Crippen LogP contribution in [-0.4, -0.2) is 19.6 Å². The van der Waals surface area contributed by atoms with E-state index >= 15 is 0 Å². The molecule has 1 aromatic heterocycles. The van der Waals surface area contributed by atoms with Gasteiger partial charge in [-0.2, -0.15) is 0 Å². The quantitative estimate of drug-likeness (QED) is 0.670. The van der Waals surface area contributed by atoms with E-state index in [4.69, 9.17) is 13.9 Å². The molecule has 1 heterocycles. The molecule has 1 N–H and O–H groups in total. The highest BCUT2D eigenvalue weighted by atomic mass is 16.5.